The number of hydrogen-bond donors (Lipinski definition) is 2. The molecule has 2 amide bonds. The lowest BCUT2D eigenvalue weighted by Gasteiger charge is -2.32. The van der Waals surface area contributed by atoms with Crippen molar-refractivity contribution in [1.29, 1.82) is 0 Å². The van der Waals surface area contributed by atoms with Crippen LogP contribution in [-0.2, 0) is 16.0 Å². The molecule has 1 saturated heterocycles. The highest BCUT2D eigenvalue weighted by Crippen LogP contribution is 2.34. The van der Waals surface area contributed by atoms with Crippen molar-refractivity contribution in [2.24, 2.45) is 5.92 Å². The average Bonchev–Trinajstić information content (AvgIpc) is 2.78. The Balaban J connectivity index is 1.64. The molecule has 7 nitrogen and oxygen atoms in total. The summed E-state index contributed by atoms with van der Waals surface area (Å²) < 4.78 is 0. The van der Waals surface area contributed by atoms with Gasteiger partial charge in [0, 0.05) is 32.0 Å². The summed E-state index contributed by atoms with van der Waals surface area (Å²) in [7, 11) is 1.72. The highest BCUT2D eigenvalue weighted by Gasteiger charge is 2.47. The van der Waals surface area contributed by atoms with Crippen molar-refractivity contribution in [2.75, 3.05) is 13.6 Å². The number of amides is 2. The van der Waals surface area contributed by atoms with Gasteiger partial charge >= 0.3 is 0 Å². The molecule has 2 aromatic rings. The number of carbonyl (C=O) groups is 2. The van der Waals surface area contributed by atoms with Crippen LogP contribution in [0.4, 0.5) is 0 Å². The van der Waals surface area contributed by atoms with E-state index in [-0.39, 0.29) is 29.7 Å². The van der Waals surface area contributed by atoms with Crippen molar-refractivity contribution in [3.8, 4) is 0 Å². The first-order chi connectivity index (χ1) is 11.8. The minimum absolute atomic E-state index is 0.0225. The summed E-state index contributed by atoms with van der Waals surface area (Å²) in [6.07, 6.45) is 0.642. The van der Waals surface area contributed by atoms with E-state index in [0.717, 1.165) is 0 Å². The van der Waals surface area contributed by atoms with E-state index in [9.17, 15) is 14.4 Å². The normalized spacial score (nSPS) is 19.4. The standard InChI is InChI=1S/C18H22N4O3/c1-18(2)12(10-15(23)22(18)3)17(25)19-9-8-14-20-13-7-5-4-6-11(13)16(24)21-14/h4-7,12H,8-10H2,1-3H3,(H,19,25)(H,20,21,24)/t12-/m1/s1. The first-order valence-electron chi connectivity index (χ1n) is 8.33. The summed E-state index contributed by atoms with van der Waals surface area (Å²) in [5.41, 5.74) is -0.0516. The van der Waals surface area contributed by atoms with Crippen molar-refractivity contribution >= 4 is 22.7 Å². The van der Waals surface area contributed by atoms with Gasteiger partial charge in [0.1, 0.15) is 5.82 Å². The van der Waals surface area contributed by atoms with Gasteiger partial charge in [-0.3, -0.25) is 14.4 Å². The molecule has 7 heteroatoms. The molecule has 1 aliphatic rings. The zero-order valence-electron chi connectivity index (χ0n) is 14.6. The lowest BCUT2D eigenvalue weighted by molar-refractivity contribution is -0.128. The molecule has 1 aliphatic heterocycles. The molecule has 3 rings (SSSR count). The van der Waals surface area contributed by atoms with Gasteiger partial charge in [-0.25, -0.2) is 4.98 Å². The van der Waals surface area contributed by atoms with Gasteiger partial charge in [-0.05, 0) is 26.0 Å². The molecule has 1 aromatic carbocycles. The summed E-state index contributed by atoms with van der Waals surface area (Å²) in [5, 5.41) is 3.40. The SMILES string of the molecule is CN1C(=O)C[C@H](C(=O)NCCc2nc3ccccc3c(=O)[nH]2)C1(C)C. The molecule has 1 aromatic heterocycles. The number of aromatic nitrogens is 2. The number of aromatic amines is 1. The molecule has 132 valence electrons. The maximum Gasteiger partial charge on any atom is 0.258 e. The first-order valence-corrected chi connectivity index (χ1v) is 8.33. The number of benzene rings is 1. The van der Waals surface area contributed by atoms with Gasteiger partial charge in [-0.1, -0.05) is 12.1 Å². The number of nitrogens with one attached hydrogen (secondary N) is 2. The van der Waals surface area contributed by atoms with Crippen molar-refractivity contribution in [3.63, 3.8) is 0 Å². The zero-order chi connectivity index (χ0) is 18.2. The number of hydrogen-bond acceptors (Lipinski definition) is 4. The van der Waals surface area contributed by atoms with Crippen LogP contribution < -0.4 is 10.9 Å². The number of carbonyl (C=O) groups excluding carboxylic acids is 2. The van der Waals surface area contributed by atoms with Gasteiger partial charge in [0.25, 0.3) is 5.56 Å². The third-order valence-corrected chi connectivity index (χ3v) is 5.11. The molecule has 2 heterocycles. The first kappa shape index (κ1) is 17.1. The quantitative estimate of drug-likeness (QED) is 0.861. The van der Waals surface area contributed by atoms with E-state index in [1.165, 1.54) is 0 Å². The fraction of sp³-hybridized carbons (Fsp3) is 0.444. The van der Waals surface area contributed by atoms with E-state index in [2.05, 4.69) is 15.3 Å². The van der Waals surface area contributed by atoms with Crippen LogP contribution in [0.25, 0.3) is 10.9 Å². The van der Waals surface area contributed by atoms with Crippen LogP contribution >= 0.6 is 0 Å². The molecule has 1 fully saturated rings. The Bertz CT molecular complexity index is 887. The molecule has 2 N–H and O–H groups in total. The van der Waals surface area contributed by atoms with E-state index in [0.29, 0.717) is 29.7 Å². The van der Waals surface area contributed by atoms with Crippen molar-refractivity contribution < 1.29 is 9.59 Å². The van der Waals surface area contributed by atoms with Crippen LogP contribution in [0.1, 0.15) is 26.1 Å². The summed E-state index contributed by atoms with van der Waals surface area (Å²) in [4.78, 5) is 45.1. The summed E-state index contributed by atoms with van der Waals surface area (Å²) >= 11 is 0. The maximum absolute atomic E-state index is 12.4. The van der Waals surface area contributed by atoms with Crippen molar-refractivity contribution in [2.45, 2.75) is 32.2 Å². The number of nitrogens with zero attached hydrogens (tertiary/aromatic N) is 2. The Kier molecular flexibility index (Phi) is 4.32. The lowest BCUT2D eigenvalue weighted by Crippen LogP contribution is -2.47. The van der Waals surface area contributed by atoms with Crippen LogP contribution in [0, 0.1) is 5.92 Å². The van der Waals surface area contributed by atoms with E-state index in [4.69, 9.17) is 0 Å². The van der Waals surface area contributed by atoms with Gasteiger partial charge < -0.3 is 15.2 Å². The molecule has 1 atom stereocenters. The Morgan fingerprint density at radius 1 is 1.36 bits per heavy atom. The Hall–Kier alpha value is -2.70. The highest BCUT2D eigenvalue weighted by atomic mass is 16.2. The fourth-order valence-electron chi connectivity index (χ4n) is 3.21. The van der Waals surface area contributed by atoms with Crippen LogP contribution in [0.5, 0.6) is 0 Å². The van der Waals surface area contributed by atoms with Crippen LogP contribution in [0.3, 0.4) is 0 Å². The highest BCUT2D eigenvalue weighted by molar-refractivity contribution is 5.90. The van der Waals surface area contributed by atoms with E-state index >= 15 is 0 Å². The van der Waals surface area contributed by atoms with Crippen LogP contribution in [0.2, 0.25) is 0 Å². The summed E-state index contributed by atoms with van der Waals surface area (Å²) in [6.45, 7) is 4.14. The van der Waals surface area contributed by atoms with Crippen LogP contribution in [0.15, 0.2) is 29.1 Å². The predicted octanol–water partition coefficient (Wildman–Crippen LogP) is 0.839. The topological polar surface area (TPSA) is 95.2 Å². The van der Waals surface area contributed by atoms with Crippen LogP contribution in [-0.4, -0.2) is 45.8 Å². The molecule has 25 heavy (non-hydrogen) atoms. The second-order valence-electron chi connectivity index (χ2n) is 6.93. The molecule has 0 radical (unpaired) electrons. The monoisotopic (exact) mass is 342 g/mol. The number of H-pyrrole nitrogens is 1. The third kappa shape index (κ3) is 3.14. The maximum atomic E-state index is 12.4. The second kappa shape index (κ2) is 6.31. The fourth-order valence-corrected chi connectivity index (χ4v) is 3.21. The van der Waals surface area contributed by atoms with E-state index in [1.807, 2.05) is 19.9 Å². The van der Waals surface area contributed by atoms with E-state index in [1.54, 1.807) is 30.1 Å². The van der Waals surface area contributed by atoms with Gasteiger partial charge in [0.2, 0.25) is 11.8 Å². The largest absolute Gasteiger partial charge is 0.355 e. The van der Waals surface area contributed by atoms with Crippen molar-refractivity contribution in [1.82, 2.24) is 20.2 Å². The average molecular weight is 342 g/mol. The molecular weight excluding hydrogens is 320 g/mol. The molecular formula is C18H22N4O3. The summed E-state index contributed by atoms with van der Waals surface area (Å²) in [6, 6.07) is 7.13. The number of likely N-dealkylation sites (tertiary alicyclic amines) is 1. The lowest BCUT2D eigenvalue weighted by atomic mass is 9.88. The third-order valence-electron chi connectivity index (χ3n) is 5.11. The smallest absolute Gasteiger partial charge is 0.258 e. The van der Waals surface area contributed by atoms with Gasteiger partial charge in [0.15, 0.2) is 0 Å². The molecule has 0 spiro atoms. The Morgan fingerprint density at radius 2 is 2.08 bits per heavy atom. The molecule has 0 aliphatic carbocycles. The van der Waals surface area contributed by atoms with Gasteiger partial charge in [-0.2, -0.15) is 0 Å². The molecule has 0 bridgehead atoms. The van der Waals surface area contributed by atoms with Crippen molar-refractivity contribution in [3.05, 3.63) is 40.4 Å². The number of para-hydroxylation sites is 1. The number of fused-ring (bicyclic) bond motifs is 1. The molecule has 0 saturated carbocycles. The predicted molar refractivity (Wildman–Crippen MR) is 94.0 cm³/mol. The Morgan fingerprint density at radius 3 is 2.76 bits per heavy atom. The zero-order valence-corrected chi connectivity index (χ0v) is 14.6. The number of rotatable bonds is 4. The minimum atomic E-state index is -0.503. The Labute approximate surface area is 145 Å². The van der Waals surface area contributed by atoms with Gasteiger partial charge in [-0.15, -0.1) is 0 Å². The van der Waals surface area contributed by atoms with Gasteiger partial charge in [0.05, 0.1) is 16.8 Å². The second-order valence-corrected chi connectivity index (χ2v) is 6.93. The molecule has 0 unspecified atom stereocenters. The van der Waals surface area contributed by atoms with E-state index < -0.39 is 5.54 Å². The minimum Gasteiger partial charge on any atom is -0.355 e. The summed E-state index contributed by atoms with van der Waals surface area (Å²) in [5.74, 6) is -0.0204.